The number of thioether (sulfide) groups is 1. The third-order valence-electron chi connectivity index (χ3n) is 1.04. The first-order chi connectivity index (χ1) is 4.33. The molecule has 1 heterocycles. The van der Waals surface area contributed by atoms with Crippen LogP contribution in [0.25, 0.3) is 0 Å². The van der Waals surface area contributed by atoms with E-state index in [-0.39, 0.29) is 0 Å². The second-order valence-corrected chi connectivity index (χ2v) is 2.75. The van der Waals surface area contributed by atoms with Gasteiger partial charge < -0.3 is 0 Å². The van der Waals surface area contributed by atoms with E-state index < -0.39 is 0 Å². The van der Waals surface area contributed by atoms with Gasteiger partial charge in [-0.2, -0.15) is 5.10 Å². The van der Waals surface area contributed by atoms with E-state index in [1.165, 1.54) is 0 Å². The standard InChI is InChI=1S/C6H10N2S/c1-6-3-4-8(7-6)5-9-2/h3-4H,5H2,1-2H3. The number of nitrogens with zero attached hydrogens (tertiary/aromatic N) is 2. The molecule has 50 valence electrons. The second kappa shape index (κ2) is 2.92. The summed E-state index contributed by atoms with van der Waals surface area (Å²) in [6.45, 7) is 2.00. The highest BCUT2D eigenvalue weighted by Crippen LogP contribution is 1.99. The van der Waals surface area contributed by atoms with Crippen LogP contribution in [0.2, 0.25) is 0 Å². The molecule has 0 spiro atoms. The lowest BCUT2D eigenvalue weighted by atomic mass is 10.5. The maximum Gasteiger partial charge on any atom is 0.0860 e. The first-order valence-electron chi connectivity index (χ1n) is 2.82. The van der Waals surface area contributed by atoms with E-state index in [0.29, 0.717) is 0 Å². The molecule has 0 aliphatic rings. The summed E-state index contributed by atoms with van der Waals surface area (Å²) in [4.78, 5) is 0. The van der Waals surface area contributed by atoms with Crippen LogP contribution in [0.3, 0.4) is 0 Å². The predicted octanol–water partition coefficient (Wildman–Crippen LogP) is 1.51. The van der Waals surface area contributed by atoms with Crippen molar-refractivity contribution in [3.63, 3.8) is 0 Å². The molecule has 0 amide bonds. The maximum absolute atomic E-state index is 4.20. The molecule has 0 saturated carbocycles. The van der Waals surface area contributed by atoms with Crippen molar-refractivity contribution < 1.29 is 0 Å². The van der Waals surface area contributed by atoms with E-state index >= 15 is 0 Å². The molecule has 0 N–H and O–H groups in total. The lowest BCUT2D eigenvalue weighted by molar-refractivity contribution is 0.741. The van der Waals surface area contributed by atoms with Crippen LogP contribution in [0.15, 0.2) is 12.3 Å². The molecule has 1 aromatic rings. The van der Waals surface area contributed by atoms with Gasteiger partial charge in [-0.1, -0.05) is 0 Å². The zero-order valence-electron chi connectivity index (χ0n) is 5.66. The first kappa shape index (κ1) is 6.68. The SMILES string of the molecule is CSCn1ccc(C)n1. The molecule has 1 rings (SSSR count). The van der Waals surface area contributed by atoms with E-state index in [0.717, 1.165) is 11.6 Å². The Morgan fingerprint density at radius 3 is 3.00 bits per heavy atom. The molecule has 0 aliphatic carbocycles. The normalized spacial score (nSPS) is 10.0. The minimum Gasteiger partial charge on any atom is -0.263 e. The lowest BCUT2D eigenvalue weighted by Gasteiger charge is -1.93. The molecular formula is C6H10N2S. The van der Waals surface area contributed by atoms with Crippen molar-refractivity contribution in [3.05, 3.63) is 18.0 Å². The summed E-state index contributed by atoms with van der Waals surface area (Å²) in [5.41, 5.74) is 1.09. The largest absolute Gasteiger partial charge is 0.263 e. The van der Waals surface area contributed by atoms with Crippen molar-refractivity contribution in [2.45, 2.75) is 12.8 Å². The Kier molecular flexibility index (Phi) is 2.16. The van der Waals surface area contributed by atoms with E-state index in [1.807, 2.05) is 23.9 Å². The minimum absolute atomic E-state index is 0.952. The van der Waals surface area contributed by atoms with Gasteiger partial charge in [0.2, 0.25) is 0 Å². The van der Waals surface area contributed by atoms with E-state index in [9.17, 15) is 0 Å². The topological polar surface area (TPSA) is 17.8 Å². The van der Waals surface area contributed by atoms with Gasteiger partial charge in [0.25, 0.3) is 0 Å². The summed E-state index contributed by atoms with van der Waals surface area (Å²) in [5.74, 6) is 0.952. The molecule has 0 radical (unpaired) electrons. The van der Waals surface area contributed by atoms with Crippen LogP contribution in [-0.4, -0.2) is 16.0 Å². The molecule has 0 bridgehead atoms. The smallest absolute Gasteiger partial charge is 0.0860 e. The van der Waals surface area contributed by atoms with Crippen LogP contribution in [0, 0.1) is 6.92 Å². The van der Waals surface area contributed by atoms with Crippen molar-refractivity contribution in [1.29, 1.82) is 0 Å². The van der Waals surface area contributed by atoms with Crippen molar-refractivity contribution in [3.8, 4) is 0 Å². The summed E-state index contributed by atoms with van der Waals surface area (Å²) in [7, 11) is 0. The Hall–Kier alpha value is -0.440. The molecule has 0 saturated heterocycles. The Morgan fingerprint density at radius 2 is 2.56 bits per heavy atom. The van der Waals surface area contributed by atoms with Crippen molar-refractivity contribution in [2.24, 2.45) is 0 Å². The highest BCUT2D eigenvalue weighted by Gasteiger charge is 1.89. The van der Waals surface area contributed by atoms with Crippen LogP contribution >= 0.6 is 11.8 Å². The highest BCUT2D eigenvalue weighted by atomic mass is 32.2. The fraction of sp³-hybridized carbons (Fsp3) is 0.500. The van der Waals surface area contributed by atoms with Gasteiger partial charge in [-0.3, -0.25) is 4.68 Å². The molecular weight excluding hydrogens is 132 g/mol. The van der Waals surface area contributed by atoms with Crippen molar-refractivity contribution >= 4 is 11.8 Å². The zero-order chi connectivity index (χ0) is 6.69. The van der Waals surface area contributed by atoms with Gasteiger partial charge in [-0.15, -0.1) is 11.8 Å². The molecule has 2 nitrogen and oxygen atoms in total. The first-order valence-corrected chi connectivity index (χ1v) is 4.21. The number of hydrogen-bond donors (Lipinski definition) is 0. The third kappa shape index (κ3) is 1.75. The Balaban J connectivity index is 2.61. The minimum atomic E-state index is 0.952. The van der Waals surface area contributed by atoms with Gasteiger partial charge in [-0.05, 0) is 19.2 Å². The second-order valence-electron chi connectivity index (χ2n) is 1.91. The van der Waals surface area contributed by atoms with Crippen LogP contribution in [0.5, 0.6) is 0 Å². The van der Waals surface area contributed by atoms with Gasteiger partial charge in [-0.25, -0.2) is 0 Å². The summed E-state index contributed by atoms with van der Waals surface area (Å²) < 4.78 is 1.93. The summed E-state index contributed by atoms with van der Waals surface area (Å²) in [6.07, 6.45) is 4.06. The van der Waals surface area contributed by atoms with Gasteiger partial charge in [0.15, 0.2) is 0 Å². The van der Waals surface area contributed by atoms with Crippen LogP contribution in [0.1, 0.15) is 5.69 Å². The maximum atomic E-state index is 4.20. The van der Waals surface area contributed by atoms with Gasteiger partial charge >= 0.3 is 0 Å². The summed E-state index contributed by atoms with van der Waals surface area (Å²) >= 11 is 1.77. The number of hydrogen-bond acceptors (Lipinski definition) is 2. The van der Waals surface area contributed by atoms with E-state index in [1.54, 1.807) is 11.8 Å². The molecule has 0 fully saturated rings. The van der Waals surface area contributed by atoms with Crippen LogP contribution in [0.4, 0.5) is 0 Å². The summed E-state index contributed by atoms with van der Waals surface area (Å²) in [6, 6.07) is 2.01. The van der Waals surface area contributed by atoms with Crippen LogP contribution < -0.4 is 0 Å². The van der Waals surface area contributed by atoms with Gasteiger partial charge in [0.05, 0.1) is 11.6 Å². The molecule has 0 unspecified atom stereocenters. The fourth-order valence-electron chi connectivity index (χ4n) is 0.667. The van der Waals surface area contributed by atoms with Crippen LogP contribution in [-0.2, 0) is 5.88 Å². The molecule has 0 aromatic carbocycles. The third-order valence-corrected chi connectivity index (χ3v) is 1.56. The quantitative estimate of drug-likeness (QED) is 0.623. The summed E-state index contributed by atoms with van der Waals surface area (Å²) in [5, 5.41) is 4.20. The molecule has 0 atom stereocenters. The number of aryl methyl sites for hydroxylation is 1. The average Bonchev–Trinajstić information content (AvgIpc) is 2.17. The Labute approximate surface area is 59.3 Å². The van der Waals surface area contributed by atoms with E-state index in [2.05, 4.69) is 11.4 Å². The Bertz CT molecular complexity index is 183. The zero-order valence-corrected chi connectivity index (χ0v) is 6.48. The monoisotopic (exact) mass is 142 g/mol. The van der Waals surface area contributed by atoms with E-state index in [4.69, 9.17) is 0 Å². The van der Waals surface area contributed by atoms with Gasteiger partial charge in [0.1, 0.15) is 0 Å². The molecule has 3 heteroatoms. The number of rotatable bonds is 2. The predicted molar refractivity (Wildman–Crippen MR) is 40.5 cm³/mol. The van der Waals surface area contributed by atoms with Crippen molar-refractivity contribution in [1.82, 2.24) is 9.78 Å². The number of aromatic nitrogens is 2. The molecule has 0 aliphatic heterocycles. The Morgan fingerprint density at radius 1 is 1.78 bits per heavy atom. The molecule has 9 heavy (non-hydrogen) atoms. The highest BCUT2D eigenvalue weighted by molar-refractivity contribution is 7.97. The van der Waals surface area contributed by atoms with Gasteiger partial charge in [0, 0.05) is 6.20 Å². The fourth-order valence-corrected chi connectivity index (χ4v) is 1.08. The average molecular weight is 142 g/mol. The molecule has 1 aromatic heterocycles. The van der Waals surface area contributed by atoms with Crippen molar-refractivity contribution in [2.75, 3.05) is 6.26 Å². The lowest BCUT2D eigenvalue weighted by Crippen LogP contribution is -1.93.